The molecule has 0 aromatic carbocycles. The number of nitrogens with zero attached hydrogens (tertiary/aromatic N) is 1. The van der Waals surface area contributed by atoms with Gasteiger partial charge in [0.1, 0.15) is 0 Å². The third-order valence-electron chi connectivity index (χ3n) is 2.42. The summed E-state index contributed by atoms with van der Waals surface area (Å²) in [6, 6.07) is 4.54. The molecule has 0 N–H and O–H groups in total. The monoisotopic (exact) mass is 239 g/mol. The third kappa shape index (κ3) is 4.06. The topological polar surface area (TPSA) is 29.5 Å². The van der Waals surface area contributed by atoms with Crippen molar-refractivity contribution in [3.63, 3.8) is 0 Å². The van der Waals surface area contributed by atoms with Crippen molar-refractivity contribution in [2.24, 2.45) is 0 Å². The second kappa shape index (κ2) is 6.33. The summed E-state index contributed by atoms with van der Waals surface area (Å²) in [5.74, 6) is -0.324. The number of ether oxygens (including phenoxy) is 1. The Labute approximate surface area is 100 Å². The van der Waals surface area contributed by atoms with E-state index in [2.05, 4.69) is 29.2 Å². The Balaban J connectivity index is 2.44. The number of esters is 1. The summed E-state index contributed by atoms with van der Waals surface area (Å²) in [7, 11) is 3.33. The molecule has 16 heavy (non-hydrogen) atoms. The maximum atomic E-state index is 10.9. The third-order valence-corrected chi connectivity index (χ3v) is 3.32. The van der Waals surface area contributed by atoms with Gasteiger partial charge in [0.15, 0.2) is 0 Å². The zero-order chi connectivity index (χ0) is 12.0. The summed E-state index contributed by atoms with van der Waals surface area (Å²) in [4.78, 5) is 14.3. The van der Waals surface area contributed by atoms with Crippen LogP contribution in [0.5, 0.6) is 0 Å². The summed E-state index contributed by atoms with van der Waals surface area (Å²) < 4.78 is 4.54. The number of thiophene rings is 1. The van der Waals surface area contributed by atoms with Crippen molar-refractivity contribution in [3.8, 4) is 0 Å². The Kier molecular flexibility index (Phi) is 5.05. The summed E-state index contributed by atoms with van der Waals surface area (Å²) in [6.45, 7) is 2.13. The van der Waals surface area contributed by atoms with Crippen LogP contribution >= 0.6 is 11.3 Å². The van der Waals surface area contributed by atoms with E-state index in [0.29, 0.717) is 6.04 Å². The van der Waals surface area contributed by atoms with Gasteiger partial charge in [0, 0.05) is 36.7 Å². The molecule has 3 nitrogen and oxygen atoms in total. The normalized spacial score (nSPS) is 12.7. The zero-order valence-corrected chi connectivity index (χ0v) is 10.7. The highest BCUT2D eigenvalue weighted by molar-refractivity contribution is 7.09. The van der Waals surface area contributed by atoms with Gasteiger partial charge in [0.05, 0.1) is 7.11 Å². The molecule has 1 unspecified atom stereocenters. The van der Waals surface area contributed by atoms with E-state index in [9.17, 15) is 4.79 Å². The average molecular weight is 239 g/mol. The predicted molar refractivity (Wildman–Crippen MR) is 66.4 cm³/mol. The van der Waals surface area contributed by atoms with Gasteiger partial charge in [-0.3, -0.25) is 0 Å². The molecule has 0 bridgehead atoms. The van der Waals surface area contributed by atoms with E-state index in [4.69, 9.17) is 0 Å². The Morgan fingerprint density at radius 2 is 2.44 bits per heavy atom. The molecule has 0 amide bonds. The van der Waals surface area contributed by atoms with E-state index in [1.165, 1.54) is 18.1 Å². The zero-order valence-electron chi connectivity index (χ0n) is 9.84. The van der Waals surface area contributed by atoms with Crippen LogP contribution in [0.3, 0.4) is 0 Å². The van der Waals surface area contributed by atoms with Gasteiger partial charge in [-0.05, 0) is 18.4 Å². The van der Waals surface area contributed by atoms with Crippen LogP contribution in [0.2, 0.25) is 0 Å². The van der Waals surface area contributed by atoms with Gasteiger partial charge in [0.25, 0.3) is 0 Å². The van der Waals surface area contributed by atoms with E-state index in [1.54, 1.807) is 17.5 Å². The minimum atomic E-state index is -0.324. The molecule has 1 heterocycles. The maximum absolute atomic E-state index is 10.9. The minimum absolute atomic E-state index is 0.324. The lowest BCUT2D eigenvalue weighted by molar-refractivity contribution is -0.134. The molecule has 0 saturated carbocycles. The van der Waals surface area contributed by atoms with Gasteiger partial charge in [-0.15, -0.1) is 11.3 Å². The van der Waals surface area contributed by atoms with Gasteiger partial charge in [-0.25, -0.2) is 4.79 Å². The smallest absolute Gasteiger partial charge is 0.331 e. The molecule has 0 saturated heterocycles. The molecule has 1 aromatic heterocycles. The van der Waals surface area contributed by atoms with Crippen molar-refractivity contribution >= 4 is 17.3 Å². The van der Waals surface area contributed by atoms with Gasteiger partial charge in [-0.1, -0.05) is 6.07 Å². The number of methoxy groups -OCH3 is 1. The van der Waals surface area contributed by atoms with Crippen LogP contribution in [0.4, 0.5) is 0 Å². The molecular weight excluding hydrogens is 222 g/mol. The van der Waals surface area contributed by atoms with Crippen molar-refractivity contribution in [2.45, 2.75) is 19.4 Å². The quantitative estimate of drug-likeness (QED) is 0.583. The highest BCUT2D eigenvalue weighted by Gasteiger charge is 2.07. The Morgan fingerprint density at radius 3 is 3.00 bits per heavy atom. The average Bonchev–Trinajstić information content (AvgIpc) is 2.77. The van der Waals surface area contributed by atoms with E-state index in [-0.39, 0.29) is 5.97 Å². The lowest BCUT2D eigenvalue weighted by Crippen LogP contribution is -2.25. The van der Waals surface area contributed by atoms with Crippen LogP contribution in [-0.2, 0) is 16.0 Å². The lowest BCUT2D eigenvalue weighted by Gasteiger charge is -2.22. The summed E-state index contributed by atoms with van der Waals surface area (Å²) in [6.07, 6.45) is 4.18. The van der Waals surface area contributed by atoms with Crippen molar-refractivity contribution < 1.29 is 9.53 Å². The predicted octanol–water partition coefficient (Wildman–Crippen LogP) is 2.30. The molecule has 0 aliphatic heterocycles. The lowest BCUT2D eigenvalue weighted by atomic mass is 10.2. The number of hydrogen-bond acceptors (Lipinski definition) is 4. The number of rotatable bonds is 5. The number of likely N-dealkylation sites (N-methyl/N-ethyl adjacent to an activating group) is 1. The summed E-state index contributed by atoms with van der Waals surface area (Å²) >= 11 is 1.76. The van der Waals surface area contributed by atoms with Gasteiger partial charge >= 0.3 is 5.97 Å². The van der Waals surface area contributed by atoms with E-state index in [0.717, 1.165) is 6.42 Å². The molecule has 1 atom stereocenters. The van der Waals surface area contributed by atoms with Crippen molar-refractivity contribution in [2.75, 3.05) is 14.2 Å². The van der Waals surface area contributed by atoms with Crippen LogP contribution in [-0.4, -0.2) is 31.1 Å². The van der Waals surface area contributed by atoms with Crippen molar-refractivity contribution in [1.82, 2.24) is 4.90 Å². The molecule has 4 heteroatoms. The first-order valence-corrected chi connectivity index (χ1v) is 6.02. The fraction of sp³-hybridized carbons (Fsp3) is 0.417. The molecule has 0 fully saturated rings. The van der Waals surface area contributed by atoms with Crippen molar-refractivity contribution in [3.05, 3.63) is 34.7 Å². The molecule has 0 spiro atoms. The van der Waals surface area contributed by atoms with Gasteiger partial charge < -0.3 is 9.64 Å². The molecular formula is C12H17NO2S. The second-order valence-electron chi connectivity index (χ2n) is 3.64. The van der Waals surface area contributed by atoms with Gasteiger partial charge in [0.2, 0.25) is 0 Å². The first-order chi connectivity index (χ1) is 7.63. The molecule has 1 aromatic rings. The number of hydrogen-bond donors (Lipinski definition) is 0. The fourth-order valence-electron chi connectivity index (χ4n) is 1.26. The number of carbonyl (C=O) groups is 1. The molecule has 1 rings (SSSR count). The van der Waals surface area contributed by atoms with Crippen LogP contribution < -0.4 is 0 Å². The second-order valence-corrected chi connectivity index (χ2v) is 4.67. The Hall–Kier alpha value is -1.29. The van der Waals surface area contributed by atoms with Crippen molar-refractivity contribution in [1.29, 1.82) is 0 Å². The fourth-order valence-corrected chi connectivity index (χ4v) is 2.08. The Morgan fingerprint density at radius 1 is 1.69 bits per heavy atom. The van der Waals surface area contributed by atoms with E-state index >= 15 is 0 Å². The number of carbonyl (C=O) groups excluding carboxylic acids is 1. The van der Waals surface area contributed by atoms with Crippen LogP contribution in [0.15, 0.2) is 29.8 Å². The highest BCUT2D eigenvalue weighted by Crippen LogP contribution is 2.13. The first kappa shape index (κ1) is 12.8. The largest absolute Gasteiger partial charge is 0.466 e. The molecule has 0 radical (unpaired) electrons. The summed E-state index contributed by atoms with van der Waals surface area (Å²) in [5.41, 5.74) is 0. The van der Waals surface area contributed by atoms with Gasteiger partial charge in [-0.2, -0.15) is 0 Å². The van der Waals surface area contributed by atoms with Crippen LogP contribution in [0, 0.1) is 0 Å². The maximum Gasteiger partial charge on any atom is 0.331 e. The highest BCUT2D eigenvalue weighted by atomic mass is 32.1. The molecule has 0 aliphatic carbocycles. The standard InChI is InChI=1S/C12H17NO2S/c1-10(9-11-5-4-8-16-11)13(2)7-6-12(14)15-3/h4-8,10H,9H2,1-3H3. The summed E-state index contributed by atoms with van der Waals surface area (Å²) in [5, 5.41) is 2.08. The molecule has 88 valence electrons. The Bertz CT molecular complexity index is 346. The van der Waals surface area contributed by atoms with E-state index in [1.807, 2.05) is 11.9 Å². The molecule has 0 aliphatic rings. The SMILES string of the molecule is COC(=O)C=CN(C)C(C)Cc1cccs1. The minimum Gasteiger partial charge on any atom is -0.466 e. The first-order valence-electron chi connectivity index (χ1n) is 5.14. The van der Waals surface area contributed by atoms with E-state index < -0.39 is 0 Å². The van der Waals surface area contributed by atoms with Crippen LogP contribution in [0.25, 0.3) is 0 Å². The van der Waals surface area contributed by atoms with Crippen LogP contribution in [0.1, 0.15) is 11.8 Å².